The van der Waals surface area contributed by atoms with Gasteiger partial charge in [0.05, 0.1) is 6.61 Å². The van der Waals surface area contributed by atoms with E-state index in [-0.39, 0.29) is 5.92 Å². The lowest BCUT2D eigenvalue weighted by molar-refractivity contribution is -0.164. The molecule has 0 saturated heterocycles. The molecule has 0 aromatic heterocycles. The molecule has 0 radical (unpaired) electrons. The second-order valence-electron chi connectivity index (χ2n) is 3.31. The van der Waals surface area contributed by atoms with Crippen molar-refractivity contribution in [3.63, 3.8) is 0 Å². The van der Waals surface area contributed by atoms with Crippen molar-refractivity contribution < 1.29 is 19.1 Å². The summed E-state index contributed by atoms with van der Waals surface area (Å²) in [4.78, 5) is 21.9. The third-order valence-electron chi connectivity index (χ3n) is 1.35. The Balaban J connectivity index is 3.87. The van der Waals surface area contributed by atoms with Crippen LogP contribution in [0, 0.1) is 5.92 Å². The van der Waals surface area contributed by atoms with Gasteiger partial charge in [-0.1, -0.05) is 20.4 Å². The molecule has 0 bridgehead atoms. The Morgan fingerprint density at radius 3 is 2.36 bits per heavy atom. The topological polar surface area (TPSA) is 52.6 Å². The highest BCUT2D eigenvalue weighted by Gasteiger charge is 2.17. The number of rotatable bonds is 5. The van der Waals surface area contributed by atoms with Gasteiger partial charge < -0.3 is 9.47 Å². The Morgan fingerprint density at radius 2 is 1.93 bits per heavy atom. The van der Waals surface area contributed by atoms with Crippen molar-refractivity contribution >= 4 is 11.9 Å². The van der Waals surface area contributed by atoms with Crippen LogP contribution in [-0.2, 0) is 19.1 Å². The summed E-state index contributed by atoms with van der Waals surface area (Å²) in [5.74, 6) is -0.894. The molecule has 0 aliphatic carbocycles. The molecule has 0 unspecified atom stereocenters. The van der Waals surface area contributed by atoms with Crippen LogP contribution in [0.15, 0.2) is 12.7 Å². The Hall–Kier alpha value is -1.32. The van der Waals surface area contributed by atoms with Crippen LogP contribution in [0.3, 0.4) is 0 Å². The van der Waals surface area contributed by atoms with Gasteiger partial charge in [-0.2, -0.15) is 0 Å². The monoisotopic (exact) mass is 200 g/mol. The lowest BCUT2D eigenvalue weighted by Gasteiger charge is -2.12. The van der Waals surface area contributed by atoms with Gasteiger partial charge in [-0.05, 0) is 12.8 Å². The predicted octanol–water partition coefficient (Wildman–Crippen LogP) is 1.30. The molecule has 0 spiro atoms. The van der Waals surface area contributed by atoms with E-state index in [0.29, 0.717) is 6.61 Å². The van der Waals surface area contributed by atoms with Gasteiger partial charge in [-0.3, -0.25) is 0 Å². The summed E-state index contributed by atoms with van der Waals surface area (Å²) in [5, 5.41) is 0. The number of hydrogen-bond acceptors (Lipinski definition) is 4. The van der Waals surface area contributed by atoms with Gasteiger partial charge in [0.2, 0.25) is 0 Å². The van der Waals surface area contributed by atoms with Crippen LogP contribution >= 0.6 is 0 Å². The first-order valence-corrected chi connectivity index (χ1v) is 4.47. The highest BCUT2D eigenvalue weighted by Crippen LogP contribution is 1.99. The van der Waals surface area contributed by atoms with Gasteiger partial charge in [-0.25, -0.2) is 9.59 Å². The smallest absolute Gasteiger partial charge is 0.347 e. The number of carbonyl (C=O) groups is 2. The standard InChI is InChI=1S/C10H16O4/c1-5-9(11)14-8(4)10(12)13-6-7(2)3/h5,7-8H,1,6H2,2-4H3/t8-/m0/s1. The van der Waals surface area contributed by atoms with Crippen molar-refractivity contribution in [2.24, 2.45) is 5.92 Å². The Kier molecular flexibility index (Phi) is 5.60. The van der Waals surface area contributed by atoms with Crippen molar-refractivity contribution in [3.05, 3.63) is 12.7 Å². The zero-order valence-corrected chi connectivity index (χ0v) is 8.78. The molecule has 0 fully saturated rings. The summed E-state index contributed by atoms with van der Waals surface area (Å²) in [5.41, 5.74) is 0. The molecule has 80 valence electrons. The van der Waals surface area contributed by atoms with Gasteiger partial charge in [0.1, 0.15) is 0 Å². The molecular weight excluding hydrogens is 184 g/mol. The molecule has 0 aliphatic heterocycles. The largest absolute Gasteiger partial charge is 0.463 e. The van der Waals surface area contributed by atoms with Gasteiger partial charge in [0.15, 0.2) is 6.10 Å². The molecule has 0 rings (SSSR count). The average molecular weight is 200 g/mol. The van der Waals surface area contributed by atoms with Crippen molar-refractivity contribution in [2.45, 2.75) is 26.9 Å². The summed E-state index contributed by atoms with van der Waals surface area (Å²) in [6, 6.07) is 0. The maximum absolute atomic E-state index is 11.2. The highest BCUT2D eigenvalue weighted by molar-refractivity contribution is 5.84. The lowest BCUT2D eigenvalue weighted by atomic mass is 10.2. The predicted molar refractivity (Wildman–Crippen MR) is 51.5 cm³/mol. The van der Waals surface area contributed by atoms with Crippen LogP contribution in [0.4, 0.5) is 0 Å². The summed E-state index contributed by atoms with van der Waals surface area (Å²) < 4.78 is 9.52. The van der Waals surface area contributed by atoms with Crippen LogP contribution < -0.4 is 0 Å². The van der Waals surface area contributed by atoms with E-state index >= 15 is 0 Å². The minimum Gasteiger partial charge on any atom is -0.463 e. The molecule has 4 heteroatoms. The second-order valence-corrected chi connectivity index (χ2v) is 3.31. The Bertz CT molecular complexity index is 220. The summed E-state index contributed by atoms with van der Waals surface area (Å²) in [7, 11) is 0. The van der Waals surface area contributed by atoms with E-state index in [4.69, 9.17) is 4.74 Å². The fraction of sp³-hybridized carbons (Fsp3) is 0.600. The van der Waals surface area contributed by atoms with Crippen LogP contribution in [0.5, 0.6) is 0 Å². The van der Waals surface area contributed by atoms with Crippen molar-refractivity contribution in [1.82, 2.24) is 0 Å². The zero-order chi connectivity index (χ0) is 11.1. The normalized spacial score (nSPS) is 12.0. The summed E-state index contributed by atoms with van der Waals surface area (Å²) >= 11 is 0. The van der Waals surface area contributed by atoms with Crippen molar-refractivity contribution in [1.29, 1.82) is 0 Å². The lowest BCUT2D eigenvalue weighted by Crippen LogP contribution is -2.26. The maximum atomic E-state index is 11.2. The minimum absolute atomic E-state index is 0.265. The molecule has 4 nitrogen and oxygen atoms in total. The molecule has 1 atom stereocenters. The van der Waals surface area contributed by atoms with E-state index in [1.165, 1.54) is 6.92 Å². The molecule has 0 amide bonds. The second kappa shape index (κ2) is 6.18. The zero-order valence-electron chi connectivity index (χ0n) is 8.78. The fourth-order valence-corrected chi connectivity index (χ4v) is 0.637. The van der Waals surface area contributed by atoms with Crippen LogP contribution in [0.2, 0.25) is 0 Å². The van der Waals surface area contributed by atoms with Crippen LogP contribution in [-0.4, -0.2) is 24.6 Å². The first-order chi connectivity index (χ1) is 6.47. The van der Waals surface area contributed by atoms with E-state index in [2.05, 4.69) is 11.3 Å². The molecular formula is C10H16O4. The molecule has 0 saturated carbocycles. The third-order valence-corrected chi connectivity index (χ3v) is 1.35. The number of carbonyl (C=O) groups excluding carboxylic acids is 2. The van der Waals surface area contributed by atoms with Crippen LogP contribution in [0.1, 0.15) is 20.8 Å². The van der Waals surface area contributed by atoms with Gasteiger partial charge >= 0.3 is 11.9 Å². The molecule has 0 N–H and O–H groups in total. The van der Waals surface area contributed by atoms with E-state index in [1.54, 1.807) is 0 Å². The molecule has 14 heavy (non-hydrogen) atoms. The first kappa shape index (κ1) is 12.7. The van der Waals surface area contributed by atoms with E-state index in [0.717, 1.165) is 6.08 Å². The average Bonchev–Trinajstić information content (AvgIpc) is 2.13. The fourth-order valence-electron chi connectivity index (χ4n) is 0.637. The van der Waals surface area contributed by atoms with E-state index in [9.17, 15) is 9.59 Å². The number of esters is 2. The van der Waals surface area contributed by atoms with Crippen molar-refractivity contribution in [3.8, 4) is 0 Å². The molecule has 0 aromatic carbocycles. The minimum atomic E-state index is -0.876. The quantitative estimate of drug-likeness (QED) is 0.496. The van der Waals surface area contributed by atoms with Gasteiger partial charge in [0, 0.05) is 6.08 Å². The maximum Gasteiger partial charge on any atom is 0.347 e. The van der Waals surface area contributed by atoms with Crippen LogP contribution in [0.25, 0.3) is 0 Å². The van der Waals surface area contributed by atoms with E-state index < -0.39 is 18.0 Å². The first-order valence-electron chi connectivity index (χ1n) is 4.47. The van der Waals surface area contributed by atoms with E-state index in [1.807, 2.05) is 13.8 Å². The SMILES string of the molecule is C=CC(=O)O[C@@H](C)C(=O)OCC(C)C. The summed E-state index contributed by atoms with van der Waals surface area (Å²) in [6.45, 7) is 8.86. The van der Waals surface area contributed by atoms with Gasteiger partial charge in [0.25, 0.3) is 0 Å². The van der Waals surface area contributed by atoms with Gasteiger partial charge in [-0.15, -0.1) is 0 Å². The number of hydrogen-bond donors (Lipinski definition) is 0. The molecule has 0 aliphatic rings. The summed E-state index contributed by atoms with van der Waals surface area (Å²) in [6.07, 6.45) is 0.130. The van der Waals surface area contributed by atoms with Crippen molar-refractivity contribution in [2.75, 3.05) is 6.61 Å². The molecule has 0 aromatic rings. The Labute approximate surface area is 83.9 Å². The number of ether oxygens (including phenoxy) is 2. The third kappa shape index (κ3) is 5.35. The highest BCUT2D eigenvalue weighted by atomic mass is 16.6. The Morgan fingerprint density at radius 1 is 1.36 bits per heavy atom. The molecule has 0 heterocycles.